The molecule has 1 aliphatic rings. The molecule has 1 aliphatic heterocycles. The second-order valence-corrected chi connectivity index (χ2v) is 6.15. The van der Waals surface area contributed by atoms with E-state index in [9.17, 15) is 9.59 Å². The Labute approximate surface area is 141 Å². The molecule has 0 bridgehead atoms. The van der Waals surface area contributed by atoms with E-state index in [1.54, 1.807) is 24.0 Å². The van der Waals surface area contributed by atoms with E-state index in [0.717, 1.165) is 15.7 Å². The van der Waals surface area contributed by atoms with Gasteiger partial charge in [-0.25, -0.2) is 4.79 Å². The van der Waals surface area contributed by atoms with E-state index in [1.807, 2.05) is 12.1 Å². The summed E-state index contributed by atoms with van der Waals surface area (Å²) in [7, 11) is 0. The highest BCUT2D eigenvalue weighted by Crippen LogP contribution is 2.23. The molecule has 1 aromatic carbocycles. The average molecular weight is 378 g/mol. The van der Waals surface area contributed by atoms with Gasteiger partial charge in [0.25, 0.3) is 5.91 Å². The third kappa shape index (κ3) is 3.14. The van der Waals surface area contributed by atoms with Gasteiger partial charge in [-0.15, -0.1) is 0 Å². The molecule has 0 spiro atoms. The minimum Gasteiger partial charge on any atom is -0.461 e. The van der Waals surface area contributed by atoms with Crippen molar-refractivity contribution >= 4 is 27.8 Å². The van der Waals surface area contributed by atoms with Gasteiger partial charge in [-0.2, -0.15) is 5.10 Å². The minimum atomic E-state index is -0.456. The summed E-state index contributed by atoms with van der Waals surface area (Å²) in [6, 6.07) is 7.24. The summed E-state index contributed by atoms with van der Waals surface area (Å²) in [5.41, 5.74) is 2.54. The van der Waals surface area contributed by atoms with Crippen molar-refractivity contribution in [1.29, 1.82) is 0 Å². The maximum Gasteiger partial charge on any atom is 0.359 e. The van der Waals surface area contributed by atoms with E-state index in [1.165, 1.54) is 0 Å². The first-order chi connectivity index (χ1) is 11.1. The number of fused-ring (bicyclic) bond motifs is 1. The van der Waals surface area contributed by atoms with Crippen molar-refractivity contribution < 1.29 is 14.3 Å². The summed E-state index contributed by atoms with van der Waals surface area (Å²) < 4.78 is 5.94. The van der Waals surface area contributed by atoms with Crippen LogP contribution in [0.2, 0.25) is 0 Å². The molecule has 23 heavy (non-hydrogen) atoms. The van der Waals surface area contributed by atoms with Crippen LogP contribution in [0.4, 0.5) is 0 Å². The predicted octanol–water partition coefficient (Wildman–Crippen LogP) is 2.55. The highest BCUT2D eigenvalue weighted by atomic mass is 79.9. The van der Waals surface area contributed by atoms with Gasteiger partial charge in [0.1, 0.15) is 0 Å². The van der Waals surface area contributed by atoms with Crippen LogP contribution in [0.3, 0.4) is 0 Å². The van der Waals surface area contributed by atoms with Crippen LogP contribution in [0.1, 0.15) is 39.0 Å². The number of nitrogens with one attached hydrogen (secondary N) is 1. The molecule has 2 aromatic rings. The minimum absolute atomic E-state index is 0.0563. The first-order valence-electron chi connectivity index (χ1n) is 7.38. The number of benzene rings is 1. The number of ether oxygens (including phenoxy) is 1. The number of H-pyrrole nitrogens is 1. The van der Waals surface area contributed by atoms with Crippen molar-refractivity contribution in [3.8, 4) is 0 Å². The van der Waals surface area contributed by atoms with Gasteiger partial charge in [0.05, 0.1) is 13.2 Å². The number of carbonyl (C=O) groups is 2. The van der Waals surface area contributed by atoms with E-state index < -0.39 is 5.97 Å². The highest BCUT2D eigenvalue weighted by Gasteiger charge is 2.28. The van der Waals surface area contributed by atoms with Crippen molar-refractivity contribution in [3.05, 3.63) is 51.3 Å². The summed E-state index contributed by atoms with van der Waals surface area (Å²) in [5, 5.41) is 6.93. The molecule has 1 amide bonds. The fourth-order valence-corrected chi connectivity index (χ4v) is 2.88. The molecule has 0 unspecified atom stereocenters. The SMILES string of the molecule is CCOC(=O)c1n[nH]c2c1CN(C(=O)c1ccc(Br)cc1)CC2. The Morgan fingerprint density at radius 3 is 2.78 bits per heavy atom. The Morgan fingerprint density at radius 1 is 1.35 bits per heavy atom. The van der Waals surface area contributed by atoms with E-state index >= 15 is 0 Å². The van der Waals surface area contributed by atoms with Crippen LogP contribution in [0.15, 0.2) is 28.7 Å². The van der Waals surface area contributed by atoms with Crippen LogP contribution < -0.4 is 0 Å². The van der Waals surface area contributed by atoms with Crippen molar-refractivity contribution in [2.75, 3.05) is 13.2 Å². The molecule has 2 heterocycles. The highest BCUT2D eigenvalue weighted by molar-refractivity contribution is 9.10. The Balaban J connectivity index is 1.81. The normalized spacial score (nSPS) is 13.6. The number of hydrogen-bond acceptors (Lipinski definition) is 4. The molecule has 3 rings (SSSR count). The second-order valence-electron chi connectivity index (χ2n) is 5.23. The number of amides is 1. The van der Waals surface area contributed by atoms with Crippen molar-refractivity contribution in [2.24, 2.45) is 0 Å². The Morgan fingerprint density at radius 2 is 2.09 bits per heavy atom. The number of esters is 1. The third-order valence-corrected chi connectivity index (χ3v) is 4.31. The lowest BCUT2D eigenvalue weighted by Crippen LogP contribution is -2.36. The number of hydrogen-bond donors (Lipinski definition) is 1. The first kappa shape index (κ1) is 15.7. The smallest absolute Gasteiger partial charge is 0.359 e. The molecule has 120 valence electrons. The van der Waals surface area contributed by atoms with Crippen LogP contribution in [-0.2, 0) is 17.7 Å². The number of nitrogens with zero attached hydrogens (tertiary/aromatic N) is 2. The first-order valence-corrected chi connectivity index (χ1v) is 8.17. The number of rotatable bonds is 3. The van der Waals surface area contributed by atoms with Gasteiger partial charge < -0.3 is 9.64 Å². The van der Waals surface area contributed by atoms with Gasteiger partial charge in [-0.3, -0.25) is 9.89 Å². The van der Waals surface area contributed by atoms with Crippen LogP contribution in [-0.4, -0.2) is 40.1 Å². The monoisotopic (exact) mass is 377 g/mol. The topological polar surface area (TPSA) is 75.3 Å². The second kappa shape index (κ2) is 6.54. The summed E-state index contributed by atoms with van der Waals surface area (Å²) in [6.45, 7) is 2.99. The zero-order valence-corrected chi connectivity index (χ0v) is 14.2. The fourth-order valence-electron chi connectivity index (χ4n) is 2.61. The molecule has 1 N–H and O–H groups in total. The molecular weight excluding hydrogens is 362 g/mol. The summed E-state index contributed by atoms with van der Waals surface area (Å²) in [5.74, 6) is -0.512. The van der Waals surface area contributed by atoms with E-state index in [2.05, 4.69) is 26.1 Å². The number of halogens is 1. The van der Waals surface area contributed by atoms with E-state index in [4.69, 9.17) is 4.74 Å². The largest absolute Gasteiger partial charge is 0.461 e. The maximum atomic E-state index is 12.6. The Bertz CT molecular complexity index is 740. The predicted molar refractivity (Wildman–Crippen MR) is 87.1 cm³/mol. The summed E-state index contributed by atoms with van der Waals surface area (Å²) in [4.78, 5) is 26.3. The molecule has 7 heteroatoms. The quantitative estimate of drug-likeness (QED) is 0.833. The standard InChI is InChI=1S/C16H16BrN3O3/c1-2-23-16(22)14-12-9-20(8-7-13(12)18-19-14)15(21)10-3-5-11(17)6-4-10/h3-6H,2,7-9H2,1H3,(H,18,19). The van der Waals surface area contributed by atoms with Gasteiger partial charge in [-0.1, -0.05) is 15.9 Å². The van der Waals surface area contributed by atoms with Crippen molar-refractivity contribution in [2.45, 2.75) is 19.9 Å². The fraction of sp³-hybridized carbons (Fsp3) is 0.312. The van der Waals surface area contributed by atoms with Gasteiger partial charge in [0.15, 0.2) is 5.69 Å². The molecule has 0 radical (unpaired) electrons. The summed E-state index contributed by atoms with van der Waals surface area (Å²) >= 11 is 3.36. The molecule has 0 fully saturated rings. The molecule has 0 saturated heterocycles. The summed E-state index contributed by atoms with van der Waals surface area (Å²) in [6.07, 6.45) is 0.643. The molecule has 1 aromatic heterocycles. The number of aromatic amines is 1. The average Bonchev–Trinajstić information content (AvgIpc) is 2.98. The van der Waals surface area contributed by atoms with Crippen molar-refractivity contribution in [3.63, 3.8) is 0 Å². The van der Waals surface area contributed by atoms with Crippen LogP contribution in [0.25, 0.3) is 0 Å². The van der Waals surface area contributed by atoms with Crippen molar-refractivity contribution in [1.82, 2.24) is 15.1 Å². The zero-order valence-electron chi connectivity index (χ0n) is 12.6. The molecule has 0 saturated carbocycles. The Hall–Kier alpha value is -2.15. The lowest BCUT2D eigenvalue weighted by molar-refractivity contribution is 0.0513. The molecule has 0 atom stereocenters. The third-order valence-electron chi connectivity index (χ3n) is 3.78. The van der Waals surface area contributed by atoms with E-state index in [-0.39, 0.29) is 11.6 Å². The molecule has 0 aliphatic carbocycles. The van der Waals surface area contributed by atoms with Crippen LogP contribution in [0.5, 0.6) is 0 Å². The number of carbonyl (C=O) groups excluding carboxylic acids is 2. The lowest BCUT2D eigenvalue weighted by atomic mass is 10.0. The number of aromatic nitrogens is 2. The van der Waals surface area contributed by atoms with Gasteiger partial charge >= 0.3 is 5.97 Å². The lowest BCUT2D eigenvalue weighted by Gasteiger charge is -2.27. The van der Waals surface area contributed by atoms with Crippen LogP contribution in [0, 0.1) is 0 Å². The maximum absolute atomic E-state index is 12.6. The Kier molecular flexibility index (Phi) is 4.47. The zero-order chi connectivity index (χ0) is 16.4. The van der Waals surface area contributed by atoms with Crippen LogP contribution >= 0.6 is 15.9 Å². The van der Waals surface area contributed by atoms with Gasteiger partial charge in [0.2, 0.25) is 0 Å². The molecular formula is C16H16BrN3O3. The van der Waals surface area contributed by atoms with Gasteiger partial charge in [0, 0.05) is 34.3 Å². The van der Waals surface area contributed by atoms with Gasteiger partial charge in [-0.05, 0) is 31.2 Å². The molecule has 6 nitrogen and oxygen atoms in total. The van der Waals surface area contributed by atoms with E-state index in [0.29, 0.717) is 31.7 Å².